The summed E-state index contributed by atoms with van der Waals surface area (Å²) in [5.41, 5.74) is 3.81. The fraction of sp³-hybridized carbons (Fsp3) is 0.708. The first-order chi connectivity index (χ1) is 11.9. The molecule has 0 aromatic carbocycles. The van der Waals surface area contributed by atoms with E-state index in [1.807, 2.05) is 6.08 Å². The van der Waals surface area contributed by atoms with Gasteiger partial charge in [0.1, 0.15) is 5.78 Å². The Bertz CT molecular complexity index is 653. The van der Waals surface area contributed by atoms with Crippen molar-refractivity contribution in [1.82, 2.24) is 0 Å². The maximum absolute atomic E-state index is 12.0. The van der Waals surface area contributed by atoms with Crippen LogP contribution < -0.4 is 0 Å². The lowest BCUT2D eigenvalue weighted by Gasteiger charge is -2.57. The molecule has 0 heterocycles. The van der Waals surface area contributed by atoms with Crippen molar-refractivity contribution in [2.45, 2.75) is 72.1 Å². The molecule has 0 aromatic heterocycles. The number of hydrogen-bond donors (Lipinski definition) is 0. The molecule has 25 heavy (non-hydrogen) atoms. The minimum atomic E-state index is 0.308. The van der Waals surface area contributed by atoms with Crippen molar-refractivity contribution in [1.29, 1.82) is 0 Å². The Balaban J connectivity index is 1.65. The molecule has 4 rings (SSSR count). The average molecular weight is 339 g/mol. The van der Waals surface area contributed by atoms with Gasteiger partial charge in [-0.2, -0.15) is 0 Å². The molecule has 0 spiro atoms. The molecule has 4 aliphatic carbocycles. The van der Waals surface area contributed by atoms with Crippen LogP contribution in [0, 0.1) is 34.5 Å². The molecule has 0 saturated heterocycles. The zero-order valence-corrected chi connectivity index (χ0v) is 16.3. The minimum absolute atomic E-state index is 0.308. The van der Waals surface area contributed by atoms with E-state index >= 15 is 0 Å². The van der Waals surface area contributed by atoms with Crippen LogP contribution in [0.2, 0.25) is 0 Å². The van der Waals surface area contributed by atoms with Crippen molar-refractivity contribution < 1.29 is 4.79 Å². The first kappa shape index (κ1) is 17.3. The van der Waals surface area contributed by atoms with Crippen molar-refractivity contribution in [3.05, 3.63) is 36.0 Å². The standard InChI is InChI=1S/C24H34O/c1-5-6-16(2)20-9-10-21-19-8-7-17-15-18(25)11-13-23(17,3)22(19)12-14-24(20,21)4/h5-7,19-22H,1,8-15H2,2-4H3/t19?,20?,21?,22?,23-,24+/m0/s1. The minimum Gasteiger partial charge on any atom is -0.299 e. The van der Waals surface area contributed by atoms with Gasteiger partial charge in [0.15, 0.2) is 0 Å². The number of fused-ring (bicyclic) bond motifs is 5. The fourth-order valence-electron chi connectivity index (χ4n) is 7.53. The summed E-state index contributed by atoms with van der Waals surface area (Å²) in [5, 5.41) is 0. The zero-order chi connectivity index (χ0) is 17.8. The highest BCUT2D eigenvalue weighted by Crippen LogP contribution is 2.66. The molecule has 0 N–H and O–H groups in total. The van der Waals surface area contributed by atoms with Crippen LogP contribution in [-0.4, -0.2) is 5.78 Å². The van der Waals surface area contributed by atoms with E-state index in [0.717, 1.165) is 42.9 Å². The monoisotopic (exact) mass is 338 g/mol. The summed E-state index contributed by atoms with van der Waals surface area (Å²) in [6, 6.07) is 0. The summed E-state index contributed by atoms with van der Waals surface area (Å²) in [5.74, 6) is 3.71. The average Bonchev–Trinajstić information content (AvgIpc) is 2.93. The Morgan fingerprint density at radius 1 is 1.20 bits per heavy atom. The third-order valence-electron chi connectivity index (χ3n) is 8.87. The summed E-state index contributed by atoms with van der Waals surface area (Å²) in [4.78, 5) is 12.0. The Morgan fingerprint density at radius 3 is 2.76 bits per heavy atom. The van der Waals surface area contributed by atoms with Gasteiger partial charge in [0.05, 0.1) is 0 Å². The number of hydrogen-bond acceptors (Lipinski definition) is 1. The first-order valence-corrected chi connectivity index (χ1v) is 10.4. The molecule has 4 unspecified atom stereocenters. The highest BCUT2D eigenvalue weighted by molar-refractivity contribution is 5.82. The van der Waals surface area contributed by atoms with Crippen molar-refractivity contribution in [3.63, 3.8) is 0 Å². The van der Waals surface area contributed by atoms with Crippen LogP contribution in [-0.2, 0) is 4.79 Å². The van der Waals surface area contributed by atoms with Crippen LogP contribution in [0.5, 0.6) is 0 Å². The molecule has 136 valence electrons. The number of rotatable bonds is 2. The largest absolute Gasteiger partial charge is 0.299 e. The van der Waals surface area contributed by atoms with Gasteiger partial charge in [-0.25, -0.2) is 0 Å². The third-order valence-corrected chi connectivity index (χ3v) is 8.87. The van der Waals surface area contributed by atoms with E-state index in [2.05, 4.69) is 39.5 Å². The van der Waals surface area contributed by atoms with Gasteiger partial charge in [0.25, 0.3) is 0 Å². The molecule has 0 radical (unpaired) electrons. The number of carbonyl (C=O) groups excluding carboxylic acids is 1. The van der Waals surface area contributed by atoms with E-state index in [0.29, 0.717) is 16.6 Å². The number of allylic oxidation sites excluding steroid dienone is 5. The summed E-state index contributed by atoms with van der Waals surface area (Å²) in [6.07, 6.45) is 16.0. The van der Waals surface area contributed by atoms with Gasteiger partial charge in [0, 0.05) is 12.8 Å². The summed E-state index contributed by atoms with van der Waals surface area (Å²) in [7, 11) is 0. The molecule has 0 aromatic rings. The van der Waals surface area contributed by atoms with Gasteiger partial charge in [-0.1, -0.05) is 49.8 Å². The molecule has 1 nitrogen and oxygen atoms in total. The van der Waals surface area contributed by atoms with Crippen molar-refractivity contribution in [2.24, 2.45) is 34.5 Å². The maximum Gasteiger partial charge on any atom is 0.136 e. The summed E-state index contributed by atoms with van der Waals surface area (Å²) in [6.45, 7) is 11.3. The Kier molecular flexibility index (Phi) is 4.13. The maximum atomic E-state index is 12.0. The lowest BCUT2D eigenvalue weighted by Crippen LogP contribution is -2.50. The van der Waals surface area contributed by atoms with E-state index in [4.69, 9.17) is 0 Å². The second kappa shape index (κ2) is 5.96. The molecular weight excluding hydrogens is 304 g/mol. The molecule has 3 saturated carbocycles. The van der Waals surface area contributed by atoms with Gasteiger partial charge in [-0.3, -0.25) is 4.79 Å². The highest BCUT2D eigenvalue weighted by Gasteiger charge is 2.58. The molecule has 6 atom stereocenters. The van der Waals surface area contributed by atoms with Crippen LogP contribution in [0.1, 0.15) is 72.1 Å². The SMILES string of the molecule is C=CC=C(C)C1CCC2C3CC=C4CC(=O)CC[C@]4(C)C3CC[C@]12C. The zero-order valence-electron chi connectivity index (χ0n) is 16.3. The molecule has 0 bridgehead atoms. The normalized spacial score (nSPS) is 46.8. The molecule has 0 amide bonds. The van der Waals surface area contributed by atoms with Gasteiger partial charge < -0.3 is 0 Å². The van der Waals surface area contributed by atoms with Crippen LogP contribution in [0.4, 0.5) is 0 Å². The van der Waals surface area contributed by atoms with Gasteiger partial charge in [-0.15, -0.1) is 0 Å². The Morgan fingerprint density at radius 2 is 2.00 bits per heavy atom. The Labute approximate surface area is 153 Å². The lowest BCUT2D eigenvalue weighted by atomic mass is 9.47. The van der Waals surface area contributed by atoms with Crippen molar-refractivity contribution >= 4 is 5.78 Å². The smallest absolute Gasteiger partial charge is 0.136 e. The van der Waals surface area contributed by atoms with E-state index in [9.17, 15) is 4.79 Å². The predicted molar refractivity (Wildman–Crippen MR) is 104 cm³/mol. The van der Waals surface area contributed by atoms with Gasteiger partial charge in [0.2, 0.25) is 0 Å². The Hall–Kier alpha value is -1.11. The van der Waals surface area contributed by atoms with E-state index in [-0.39, 0.29) is 0 Å². The fourth-order valence-corrected chi connectivity index (χ4v) is 7.53. The number of Topliss-reactive ketones (excluding diaryl/α,β-unsaturated/α-hetero) is 1. The molecule has 0 aliphatic heterocycles. The van der Waals surface area contributed by atoms with E-state index in [1.165, 1.54) is 37.7 Å². The summed E-state index contributed by atoms with van der Waals surface area (Å²) >= 11 is 0. The second-order valence-electron chi connectivity index (χ2n) is 9.80. The summed E-state index contributed by atoms with van der Waals surface area (Å²) < 4.78 is 0. The molecule has 1 heteroatoms. The molecular formula is C24H34O. The quantitative estimate of drug-likeness (QED) is 0.428. The van der Waals surface area contributed by atoms with Crippen LogP contribution in [0.15, 0.2) is 36.0 Å². The van der Waals surface area contributed by atoms with E-state index in [1.54, 1.807) is 5.57 Å². The van der Waals surface area contributed by atoms with E-state index < -0.39 is 0 Å². The highest BCUT2D eigenvalue weighted by atomic mass is 16.1. The molecule has 3 fully saturated rings. The van der Waals surface area contributed by atoms with Crippen LogP contribution >= 0.6 is 0 Å². The second-order valence-corrected chi connectivity index (χ2v) is 9.80. The van der Waals surface area contributed by atoms with Crippen LogP contribution in [0.25, 0.3) is 0 Å². The van der Waals surface area contributed by atoms with Gasteiger partial charge >= 0.3 is 0 Å². The van der Waals surface area contributed by atoms with Crippen molar-refractivity contribution in [2.75, 3.05) is 0 Å². The predicted octanol–water partition coefficient (Wildman–Crippen LogP) is 6.27. The topological polar surface area (TPSA) is 17.1 Å². The van der Waals surface area contributed by atoms with Gasteiger partial charge in [-0.05, 0) is 80.0 Å². The number of carbonyl (C=O) groups is 1. The third kappa shape index (κ3) is 2.45. The molecule has 4 aliphatic rings. The number of ketones is 1. The van der Waals surface area contributed by atoms with Crippen LogP contribution in [0.3, 0.4) is 0 Å². The first-order valence-electron chi connectivity index (χ1n) is 10.4. The van der Waals surface area contributed by atoms with Crippen molar-refractivity contribution in [3.8, 4) is 0 Å². The lowest BCUT2D eigenvalue weighted by molar-refractivity contribution is -0.122.